The van der Waals surface area contributed by atoms with Crippen molar-refractivity contribution < 1.29 is 14.5 Å². The molecule has 0 radical (unpaired) electrons. The standard InChI is InChI=1S/C18H16N2O4/c1-12-15-5-3-4-6-16(15)19(2)17(12)18(21)24-11-13-7-9-14(10-8-13)20(22)23/h3-10H,11H2,1-2H3. The van der Waals surface area contributed by atoms with E-state index in [1.54, 1.807) is 12.1 Å². The van der Waals surface area contributed by atoms with Gasteiger partial charge in [0, 0.05) is 30.1 Å². The van der Waals surface area contributed by atoms with E-state index in [1.165, 1.54) is 12.1 Å². The Bertz CT molecular complexity index is 887. The smallest absolute Gasteiger partial charge is 0.355 e. The minimum atomic E-state index is -0.464. The molecule has 24 heavy (non-hydrogen) atoms. The van der Waals surface area contributed by atoms with Gasteiger partial charge in [0.2, 0.25) is 0 Å². The normalized spacial score (nSPS) is 10.8. The number of nitro groups is 1. The maximum Gasteiger partial charge on any atom is 0.355 e. The zero-order valence-corrected chi connectivity index (χ0v) is 13.4. The Morgan fingerprint density at radius 3 is 2.46 bits per heavy atom. The Hall–Kier alpha value is -3.15. The van der Waals surface area contributed by atoms with Crippen molar-refractivity contribution in [2.75, 3.05) is 0 Å². The summed E-state index contributed by atoms with van der Waals surface area (Å²) in [5.74, 6) is -0.412. The molecule has 0 N–H and O–H groups in total. The van der Waals surface area contributed by atoms with Gasteiger partial charge in [-0.2, -0.15) is 0 Å². The number of nitrogens with zero attached hydrogens (tertiary/aromatic N) is 2. The third-order valence-corrected chi connectivity index (χ3v) is 4.07. The average molecular weight is 324 g/mol. The maximum atomic E-state index is 12.5. The third kappa shape index (κ3) is 2.74. The highest BCUT2D eigenvalue weighted by molar-refractivity contribution is 5.98. The molecule has 122 valence electrons. The van der Waals surface area contributed by atoms with E-state index < -0.39 is 10.9 Å². The molecule has 0 aliphatic carbocycles. The van der Waals surface area contributed by atoms with Gasteiger partial charge < -0.3 is 9.30 Å². The van der Waals surface area contributed by atoms with Gasteiger partial charge in [0.05, 0.1) is 4.92 Å². The van der Waals surface area contributed by atoms with Gasteiger partial charge in [0.25, 0.3) is 5.69 Å². The van der Waals surface area contributed by atoms with E-state index in [2.05, 4.69) is 0 Å². The van der Waals surface area contributed by atoms with Crippen molar-refractivity contribution in [2.24, 2.45) is 7.05 Å². The second-order valence-corrected chi connectivity index (χ2v) is 5.55. The predicted molar refractivity (Wildman–Crippen MR) is 89.9 cm³/mol. The highest BCUT2D eigenvalue weighted by Crippen LogP contribution is 2.25. The Morgan fingerprint density at radius 1 is 1.17 bits per heavy atom. The zero-order chi connectivity index (χ0) is 17.3. The largest absolute Gasteiger partial charge is 0.456 e. The molecule has 6 heteroatoms. The van der Waals surface area contributed by atoms with Crippen LogP contribution in [0.2, 0.25) is 0 Å². The summed E-state index contributed by atoms with van der Waals surface area (Å²) in [6, 6.07) is 13.7. The van der Waals surface area contributed by atoms with Crippen LogP contribution in [0.1, 0.15) is 21.6 Å². The highest BCUT2D eigenvalue weighted by atomic mass is 16.6. The van der Waals surface area contributed by atoms with Crippen LogP contribution < -0.4 is 0 Å². The van der Waals surface area contributed by atoms with E-state index in [0.29, 0.717) is 11.3 Å². The number of fused-ring (bicyclic) bond motifs is 1. The number of benzene rings is 2. The van der Waals surface area contributed by atoms with Gasteiger partial charge >= 0.3 is 5.97 Å². The molecule has 1 aromatic heterocycles. The molecule has 0 unspecified atom stereocenters. The summed E-state index contributed by atoms with van der Waals surface area (Å²) in [5.41, 5.74) is 3.07. The number of esters is 1. The number of non-ortho nitro benzene ring substituents is 1. The number of nitro benzene ring substituents is 1. The third-order valence-electron chi connectivity index (χ3n) is 4.07. The lowest BCUT2D eigenvalue weighted by Crippen LogP contribution is -2.11. The molecule has 2 aromatic carbocycles. The van der Waals surface area contributed by atoms with Gasteiger partial charge in [-0.05, 0) is 36.2 Å². The first-order valence-corrected chi connectivity index (χ1v) is 7.43. The number of hydrogen-bond donors (Lipinski definition) is 0. The monoisotopic (exact) mass is 324 g/mol. The van der Waals surface area contributed by atoms with Crippen LogP contribution in [0, 0.1) is 17.0 Å². The molecule has 1 heterocycles. The van der Waals surface area contributed by atoms with Crippen molar-refractivity contribution >= 4 is 22.6 Å². The van der Waals surface area contributed by atoms with Gasteiger partial charge in [-0.1, -0.05) is 18.2 Å². The topological polar surface area (TPSA) is 74.4 Å². The fraction of sp³-hybridized carbons (Fsp3) is 0.167. The lowest BCUT2D eigenvalue weighted by Gasteiger charge is -2.07. The van der Waals surface area contributed by atoms with Gasteiger partial charge in [-0.3, -0.25) is 10.1 Å². The molecule has 0 aliphatic rings. The quantitative estimate of drug-likeness (QED) is 0.416. The van der Waals surface area contributed by atoms with Crippen LogP contribution in [0.5, 0.6) is 0 Å². The SMILES string of the molecule is Cc1c(C(=O)OCc2ccc([N+](=O)[O-])cc2)n(C)c2ccccc12. The Morgan fingerprint density at radius 2 is 1.83 bits per heavy atom. The number of aromatic nitrogens is 1. The van der Waals surface area contributed by atoms with E-state index in [-0.39, 0.29) is 12.3 Å². The first kappa shape index (κ1) is 15.7. The van der Waals surface area contributed by atoms with Crippen LogP contribution in [0.3, 0.4) is 0 Å². The van der Waals surface area contributed by atoms with Crippen LogP contribution in [-0.4, -0.2) is 15.5 Å². The second-order valence-electron chi connectivity index (χ2n) is 5.55. The Labute approximate surface area is 138 Å². The summed E-state index contributed by atoms with van der Waals surface area (Å²) in [7, 11) is 1.83. The highest BCUT2D eigenvalue weighted by Gasteiger charge is 2.19. The van der Waals surface area contributed by atoms with Crippen molar-refractivity contribution in [3.05, 3.63) is 75.5 Å². The van der Waals surface area contributed by atoms with Crippen LogP contribution in [0.15, 0.2) is 48.5 Å². The predicted octanol–water partition coefficient (Wildman–Crippen LogP) is 3.75. The van der Waals surface area contributed by atoms with E-state index in [0.717, 1.165) is 16.5 Å². The van der Waals surface area contributed by atoms with Crippen molar-refractivity contribution in [2.45, 2.75) is 13.5 Å². The number of hydrogen-bond acceptors (Lipinski definition) is 4. The summed E-state index contributed by atoms with van der Waals surface area (Å²) < 4.78 is 7.20. The van der Waals surface area contributed by atoms with Crippen molar-refractivity contribution in [3.63, 3.8) is 0 Å². The summed E-state index contributed by atoms with van der Waals surface area (Å²) >= 11 is 0. The van der Waals surface area contributed by atoms with Crippen LogP contribution in [0.4, 0.5) is 5.69 Å². The average Bonchev–Trinajstić information content (AvgIpc) is 2.85. The number of para-hydroxylation sites is 1. The summed E-state index contributed by atoms with van der Waals surface area (Å²) in [6.07, 6.45) is 0. The van der Waals surface area contributed by atoms with Gasteiger partial charge in [-0.15, -0.1) is 0 Å². The zero-order valence-electron chi connectivity index (χ0n) is 13.4. The number of ether oxygens (including phenoxy) is 1. The number of carbonyl (C=O) groups excluding carboxylic acids is 1. The molecule has 0 aliphatic heterocycles. The first-order valence-electron chi connectivity index (χ1n) is 7.43. The molecule has 0 amide bonds. The molecule has 0 fully saturated rings. The van der Waals surface area contributed by atoms with Crippen LogP contribution in [0.25, 0.3) is 10.9 Å². The first-order chi connectivity index (χ1) is 11.5. The lowest BCUT2D eigenvalue weighted by atomic mass is 10.1. The molecular weight excluding hydrogens is 308 g/mol. The van der Waals surface area contributed by atoms with Crippen LogP contribution >= 0.6 is 0 Å². The minimum absolute atomic E-state index is 0.00889. The number of aryl methyl sites for hydroxylation is 2. The van der Waals surface area contributed by atoms with Gasteiger partial charge in [0.15, 0.2) is 0 Å². The molecule has 0 spiro atoms. The molecule has 0 atom stereocenters. The van der Waals surface area contributed by atoms with Crippen molar-refractivity contribution in [1.82, 2.24) is 4.57 Å². The number of rotatable bonds is 4. The van der Waals surface area contributed by atoms with E-state index >= 15 is 0 Å². The van der Waals surface area contributed by atoms with Crippen molar-refractivity contribution in [3.8, 4) is 0 Å². The Kier molecular flexibility index (Phi) is 4.04. The van der Waals surface area contributed by atoms with Crippen molar-refractivity contribution in [1.29, 1.82) is 0 Å². The summed E-state index contributed by atoms with van der Waals surface area (Å²) in [6.45, 7) is 1.96. The van der Waals surface area contributed by atoms with E-state index in [9.17, 15) is 14.9 Å². The number of carbonyl (C=O) groups is 1. The Balaban J connectivity index is 1.79. The van der Waals surface area contributed by atoms with E-state index in [4.69, 9.17) is 4.74 Å². The fourth-order valence-electron chi connectivity index (χ4n) is 2.80. The second kappa shape index (κ2) is 6.16. The molecule has 3 aromatic rings. The maximum absolute atomic E-state index is 12.5. The molecule has 0 saturated carbocycles. The van der Waals surface area contributed by atoms with Gasteiger partial charge in [-0.25, -0.2) is 4.79 Å². The van der Waals surface area contributed by atoms with Gasteiger partial charge in [0.1, 0.15) is 12.3 Å². The summed E-state index contributed by atoms with van der Waals surface area (Å²) in [4.78, 5) is 22.6. The molecule has 3 rings (SSSR count). The fourth-order valence-corrected chi connectivity index (χ4v) is 2.80. The summed E-state index contributed by atoms with van der Waals surface area (Å²) in [5, 5.41) is 11.7. The van der Waals surface area contributed by atoms with E-state index in [1.807, 2.05) is 42.8 Å². The minimum Gasteiger partial charge on any atom is -0.456 e. The molecule has 0 saturated heterocycles. The molecule has 6 nitrogen and oxygen atoms in total. The molecular formula is C18H16N2O4. The molecule has 0 bridgehead atoms. The van der Waals surface area contributed by atoms with Crippen LogP contribution in [-0.2, 0) is 18.4 Å². The lowest BCUT2D eigenvalue weighted by molar-refractivity contribution is -0.384.